The fourth-order valence-electron chi connectivity index (χ4n) is 3.19. The van der Waals surface area contributed by atoms with E-state index in [1.54, 1.807) is 61.7 Å². The van der Waals surface area contributed by atoms with Gasteiger partial charge in [0, 0.05) is 11.3 Å². The predicted molar refractivity (Wildman–Crippen MR) is 120 cm³/mol. The molecule has 2 amide bonds. The van der Waals surface area contributed by atoms with E-state index in [1.165, 1.54) is 0 Å². The van der Waals surface area contributed by atoms with Crippen molar-refractivity contribution in [2.24, 2.45) is 5.73 Å². The SMILES string of the molecule is COc1ccc2cc(C(=O)Nc3ccc(Oc4ccccc4C(N)=O)cc3)ccc2c1. The highest BCUT2D eigenvalue weighted by atomic mass is 16.5. The minimum Gasteiger partial charge on any atom is -0.497 e. The van der Waals surface area contributed by atoms with Gasteiger partial charge in [0.05, 0.1) is 12.7 Å². The first-order valence-corrected chi connectivity index (χ1v) is 9.59. The number of methoxy groups -OCH3 is 1. The highest BCUT2D eigenvalue weighted by Crippen LogP contribution is 2.27. The molecule has 0 fully saturated rings. The summed E-state index contributed by atoms with van der Waals surface area (Å²) in [5, 5.41) is 4.82. The topological polar surface area (TPSA) is 90.7 Å². The van der Waals surface area contributed by atoms with Gasteiger partial charge in [-0.3, -0.25) is 9.59 Å². The first-order valence-electron chi connectivity index (χ1n) is 9.59. The first kappa shape index (κ1) is 20.0. The number of hydrogen-bond acceptors (Lipinski definition) is 4. The van der Waals surface area contributed by atoms with Crippen LogP contribution < -0.4 is 20.5 Å². The third kappa shape index (κ3) is 4.48. The quantitative estimate of drug-likeness (QED) is 0.467. The molecular formula is C25H20N2O4. The van der Waals surface area contributed by atoms with Crippen LogP contribution >= 0.6 is 0 Å². The summed E-state index contributed by atoms with van der Waals surface area (Å²) in [4.78, 5) is 24.2. The molecule has 0 spiro atoms. The molecule has 0 aliphatic carbocycles. The zero-order valence-electron chi connectivity index (χ0n) is 16.8. The molecule has 0 aliphatic heterocycles. The summed E-state index contributed by atoms with van der Waals surface area (Å²) in [7, 11) is 1.62. The minimum atomic E-state index is -0.562. The summed E-state index contributed by atoms with van der Waals surface area (Å²) in [6, 6.07) is 24.8. The Bertz CT molecular complexity index is 1270. The van der Waals surface area contributed by atoms with Crippen LogP contribution in [0.15, 0.2) is 84.9 Å². The number of amides is 2. The number of hydrogen-bond donors (Lipinski definition) is 2. The highest BCUT2D eigenvalue weighted by Gasteiger charge is 2.10. The van der Waals surface area contributed by atoms with Gasteiger partial charge in [0.1, 0.15) is 17.2 Å². The van der Waals surface area contributed by atoms with Crippen molar-refractivity contribution in [1.82, 2.24) is 0 Å². The normalized spacial score (nSPS) is 10.5. The number of rotatable bonds is 6. The molecule has 4 aromatic rings. The number of ether oxygens (including phenoxy) is 2. The maximum absolute atomic E-state index is 12.7. The van der Waals surface area contributed by atoms with E-state index < -0.39 is 5.91 Å². The molecule has 4 rings (SSSR count). The molecule has 0 unspecified atom stereocenters. The molecule has 0 aromatic heterocycles. The second kappa shape index (κ2) is 8.59. The van der Waals surface area contributed by atoms with Gasteiger partial charge in [-0.2, -0.15) is 0 Å². The molecule has 0 atom stereocenters. The molecular weight excluding hydrogens is 392 g/mol. The van der Waals surface area contributed by atoms with E-state index in [4.69, 9.17) is 15.2 Å². The number of primary amides is 1. The Labute approximate surface area is 179 Å². The summed E-state index contributed by atoms with van der Waals surface area (Å²) in [6.45, 7) is 0. The van der Waals surface area contributed by atoms with Crippen LogP contribution in [0.5, 0.6) is 17.2 Å². The highest BCUT2D eigenvalue weighted by molar-refractivity contribution is 6.06. The molecule has 0 heterocycles. The molecule has 154 valence electrons. The van der Waals surface area contributed by atoms with Crippen LogP contribution in [0.3, 0.4) is 0 Å². The average Bonchev–Trinajstić information content (AvgIpc) is 2.79. The molecule has 3 N–H and O–H groups in total. The minimum absolute atomic E-state index is 0.217. The van der Waals surface area contributed by atoms with Crippen LogP contribution in [-0.2, 0) is 0 Å². The maximum Gasteiger partial charge on any atom is 0.255 e. The van der Waals surface area contributed by atoms with E-state index in [9.17, 15) is 9.59 Å². The van der Waals surface area contributed by atoms with Gasteiger partial charge in [-0.15, -0.1) is 0 Å². The van der Waals surface area contributed by atoms with Crippen molar-refractivity contribution in [3.63, 3.8) is 0 Å². The fraction of sp³-hybridized carbons (Fsp3) is 0.0400. The Morgan fingerprint density at radius 2 is 1.48 bits per heavy atom. The van der Waals surface area contributed by atoms with E-state index in [0.29, 0.717) is 28.3 Å². The number of nitrogens with two attached hydrogens (primary N) is 1. The maximum atomic E-state index is 12.7. The van der Waals surface area contributed by atoms with Crippen molar-refractivity contribution in [2.45, 2.75) is 0 Å². The molecule has 0 aliphatic rings. The zero-order chi connectivity index (χ0) is 21.8. The van der Waals surface area contributed by atoms with Crippen molar-refractivity contribution in [3.8, 4) is 17.2 Å². The van der Waals surface area contributed by atoms with Gasteiger partial charge in [0.25, 0.3) is 11.8 Å². The van der Waals surface area contributed by atoms with E-state index in [1.807, 2.05) is 30.3 Å². The number of anilines is 1. The molecule has 0 bridgehead atoms. The summed E-state index contributed by atoms with van der Waals surface area (Å²) in [5.41, 5.74) is 6.85. The first-order chi connectivity index (χ1) is 15.0. The Balaban J connectivity index is 1.47. The predicted octanol–water partition coefficient (Wildman–Crippen LogP) is 4.99. The van der Waals surface area contributed by atoms with Crippen molar-refractivity contribution < 1.29 is 19.1 Å². The third-order valence-electron chi connectivity index (χ3n) is 4.80. The Morgan fingerprint density at radius 3 is 2.23 bits per heavy atom. The number of benzene rings is 4. The zero-order valence-corrected chi connectivity index (χ0v) is 16.8. The third-order valence-corrected chi connectivity index (χ3v) is 4.80. The summed E-state index contributed by atoms with van der Waals surface area (Å²) < 4.78 is 11.0. The Morgan fingerprint density at radius 1 is 0.806 bits per heavy atom. The largest absolute Gasteiger partial charge is 0.497 e. The van der Waals surface area contributed by atoms with Gasteiger partial charge in [0.15, 0.2) is 0 Å². The lowest BCUT2D eigenvalue weighted by molar-refractivity contribution is 0.0995. The number of carbonyl (C=O) groups excluding carboxylic acids is 2. The smallest absolute Gasteiger partial charge is 0.255 e. The van der Waals surface area contributed by atoms with Gasteiger partial charge < -0.3 is 20.5 Å². The lowest BCUT2D eigenvalue weighted by atomic mass is 10.1. The summed E-state index contributed by atoms with van der Waals surface area (Å²) in [5.74, 6) is 0.884. The fourth-order valence-corrected chi connectivity index (χ4v) is 3.19. The van der Waals surface area contributed by atoms with E-state index in [-0.39, 0.29) is 5.91 Å². The van der Waals surface area contributed by atoms with Crippen LogP contribution in [0.2, 0.25) is 0 Å². The van der Waals surface area contributed by atoms with Crippen molar-refractivity contribution in [2.75, 3.05) is 12.4 Å². The second-order valence-corrected chi connectivity index (χ2v) is 6.87. The van der Waals surface area contributed by atoms with Crippen molar-refractivity contribution in [1.29, 1.82) is 0 Å². The average molecular weight is 412 g/mol. The van der Waals surface area contributed by atoms with Crippen LogP contribution in [0, 0.1) is 0 Å². The molecule has 6 nitrogen and oxygen atoms in total. The van der Waals surface area contributed by atoms with E-state index in [0.717, 1.165) is 16.5 Å². The molecule has 4 aromatic carbocycles. The van der Waals surface area contributed by atoms with E-state index >= 15 is 0 Å². The molecule has 0 saturated heterocycles. The van der Waals surface area contributed by atoms with Gasteiger partial charge in [-0.1, -0.05) is 24.3 Å². The summed E-state index contributed by atoms with van der Waals surface area (Å²) >= 11 is 0. The van der Waals surface area contributed by atoms with Crippen LogP contribution in [0.4, 0.5) is 5.69 Å². The Hall–Kier alpha value is -4.32. The molecule has 31 heavy (non-hydrogen) atoms. The number of nitrogens with one attached hydrogen (secondary N) is 1. The number of fused-ring (bicyclic) bond motifs is 1. The number of carbonyl (C=O) groups is 2. The monoisotopic (exact) mass is 412 g/mol. The lowest BCUT2D eigenvalue weighted by Gasteiger charge is -2.10. The standard InChI is InChI=1S/C25H20N2O4/c1-30-21-11-8-16-14-18(7-6-17(16)15-21)25(29)27-19-9-12-20(13-10-19)31-23-5-3-2-4-22(23)24(26)28/h2-15H,1H3,(H2,26,28)(H,27,29). The van der Waals surface area contributed by atoms with Crippen molar-refractivity contribution in [3.05, 3.63) is 96.1 Å². The Kier molecular flexibility index (Phi) is 5.53. The molecule has 0 saturated carbocycles. The van der Waals surface area contributed by atoms with Gasteiger partial charge in [-0.05, 0) is 71.4 Å². The van der Waals surface area contributed by atoms with Gasteiger partial charge >= 0.3 is 0 Å². The van der Waals surface area contributed by atoms with Crippen LogP contribution in [-0.4, -0.2) is 18.9 Å². The summed E-state index contributed by atoms with van der Waals surface area (Å²) in [6.07, 6.45) is 0. The second-order valence-electron chi connectivity index (χ2n) is 6.87. The van der Waals surface area contributed by atoms with Crippen LogP contribution in [0.25, 0.3) is 10.8 Å². The molecule has 0 radical (unpaired) electrons. The van der Waals surface area contributed by atoms with Crippen molar-refractivity contribution >= 4 is 28.3 Å². The molecule has 6 heteroatoms. The van der Waals surface area contributed by atoms with Gasteiger partial charge in [-0.25, -0.2) is 0 Å². The van der Waals surface area contributed by atoms with Gasteiger partial charge in [0.2, 0.25) is 0 Å². The lowest BCUT2D eigenvalue weighted by Crippen LogP contribution is -2.12. The van der Waals surface area contributed by atoms with E-state index in [2.05, 4.69) is 5.32 Å². The number of para-hydroxylation sites is 1. The van der Waals surface area contributed by atoms with Crippen LogP contribution in [0.1, 0.15) is 20.7 Å².